The highest BCUT2D eigenvalue weighted by atomic mass is 19.1. The third-order valence-corrected chi connectivity index (χ3v) is 4.30. The van der Waals surface area contributed by atoms with Crippen LogP contribution in [0.15, 0.2) is 47.4 Å². The Labute approximate surface area is 124 Å². The zero-order valence-corrected chi connectivity index (χ0v) is 12.3. The van der Waals surface area contributed by atoms with Gasteiger partial charge in [0.25, 0.3) is 5.56 Å². The van der Waals surface area contributed by atoms with Crippen LogP contribution in [-0.2, 0) is 0 Å². The Balaban J connectivity index is 1.96. The molecule has 2 aromatic rings. The summed E-state index contributed by atoms with van der Waals surface area (Å²) in [6.45, 7) is 1.77. The number of aryl methyl sites for hydroxylation is 1. The van der Waals surface area contributed by atoms with Crippen LogP contribution in [0.3, 0.4) is 0 Å². The molecule has 1 unspecified atom stereocenters. The molecule has 0 radical (unpaired) electrons. The molecular formula is C18H20FNO. The number of nitrogens with zero attached hydrogens (tertiary/aromatic N) is 1. The van der Waals surface area contributed by atoms with Crippen LogP contribution in [0.1, 0.15) is 42.9 Å². The minimum atomic E-state index is -0.194. The molecule has 1 heterocycles. The molecule has 3 rings (SSSR count). The number of rotatable bonds is 5. The molecule has 2 nitrogen and oxygen atoms in total. The van der Waals surface area contributed by atoms with Gasteiger partial charge in [0.05, 0.1) is 6.04 Å². The molecule has 0 amide bonds. The second kappa shape index (κ2) is 5.84. The summed E-state index contributed by atoms with van der Waals surface area (Å²) < 4.78 is 15.3. The summed E-state index contributed by atoms with van der Waals surface area (Å²) in [4.78, 5) is 12.1. The summed E-state index contributed by atoms with van der Waals surface area (Å²) in [6, 6.07) is 10.4. The highest BCUT2D eigenvalue weighted by Gasteiger charge is 2.24. The summed E-state index contributed by atoms with van der Waals surface area (Å²) in [7, 11) is 0. The zero-order valence-electron chi connectivity index (χ0n) is 12.3. The maximum atomic E-state index is 13.5. The first-order chi connectivity index (χ1) is 10.1. The van der Waals surface area contributed by atoms with E-state index in [2.05, 4.69) is 0 Å². The summed E-state index contributed by atoms with van der Waals surface area (Å²) in [5.41, 5.74) is 1.65. The normalized spacial score (nSPS) is 15.9. The second-order valence-electron chi connectivity index (χ2n) is 5.99. The van der Waals surface area contributed by atoms with Crippen LogP contribution < -0.4 is 5.56 Å². The molecule has 21 heavy (non-hydrogen) atoms. The van der Waals surface area contributed by atoms with Gasteiger partial charge in [-0.2, -0.15) is 0 Å². The number of benzene rings is 1. The Hall–Kier alpha value is -1.90. The minimum absolute atomic E-state index is 0.000255. The van der Waals surface area contributed by atoms with Gasteiger partial charge in [-0.25, -0.2) is 4.39 Å². The van der Waals surface area contributed by atoms with Crippen molar-refractivity contribution in [1.82, 2.24) is 4.57 Å². The van der Waals surface area contributed by atoms with Gasteiger partial charge in [-0.15, -0.1) is 0 Å². The topological polar surface area (TPSA) is 22.0 Å². The van der Waals surface area contributed by atoms with Crippen LogP contribution in [0.4, 0.5) is 4.39 Å². The van der Waals surface area contributed by atoms with E-state index in [0.717, 1.165) is 24.3 Å². The third-order valence-electron chi connectivity index (χ3n) is 4.30. The second-order valence-corrected chi connectivity index (χ2v) is 5.99. The molecule has 1 fully saturated rings. The van der Waals surface area contributed by atoms with E-state index >= 15 is 0 Å². The van der Waals surface area contributed by atoms with E-state index in [0.29, 0.717) is 5.56 Å². The van der Waals surface area contributed by atoms with Gasteiger partial charge in [0, 0.05) is 12.3 Å². The lowest BCUT2D eigenvalue weighted by atomic mass is 9.98. The van der Waals surface area contributed by atoms with Crippen molar-refractivity contribution in [2.75, 3.05) is 0 Å². The number of halogens is 1. The van der Waals surface area contributed by atoms with Gasteiger partial charge in [0.15, 0.2) is 0 Å². The van der Waals surface area contributed by atoms with Crippen LogP contribution in [-0.4, -0.2) is 4.57 Å². The van der Waals surface area contributed by atoms with Crippen molar-refractivity contribution in [1.29, 1.82) is 0 Å². The van der Waals surface area contributed by atoms with Crippen LogP contribution in [0.5, 0.6) is 0 Å². The maximum Gasteiger partial charge on any atom is 0.251 e. The molecule has 1 aliphatic rings. The molecule has 0 spiro atoms. The van der Waals surface area contributed by atoms with Gasteiger partial charge >= 0.3 is 0 Å². The van der Waals surface area contributed by atoms with Gasteiger partial charge in [-0.05, 0) is 48.9 Å². The number of hydrogen-bond donors (Lipinski definition) is 0. The van der Waals surface area contributed by atoms with Crippen molar-refractivity contribution in [3.05, 3.63) is 69.9 Å². The molecule has 0 N–H and O–H groups in total. The first-order valence-electron chi connectivity index (χ1n) is 7.58. The molecule has 1 aliphatic carbocycles. The number of pyridine rings is 1. The Morgan fingerprint density at radius 3 is 2.76 bits per heavy atom. The largest absolute Gasteiger partial charge is 0.308 e. The minimum Gasteiger partial charge on any atom is -0.308 e. The van der Waals surface area contributed by atoms with Gasteiger partial charge < -0.3 is 4.57 Å². The molecule has 1 saturated carbocycles. The fraction of sp³-hybridized carbons (Fsp3) is 0.389. The molecule has 0 saturated heterocycles. The van der Waals surface area contributed by atoms with E-state index in [9.17, 15) is 9.18 Å². The van der Waals surface area contributed by atoms with Gasteiger partial charge in [-0.1, -0.05) is 31.0 Å². The lowest BCUT2D eigenvalue weighted by Gasteiger charge is -2.21. The van der Waals surface area contributed by atoms with Gasteiger partial charge in [0.1, 0.15) is 5.82 Å². The Bertz CT molecular complexity index is 688. The molecule has 1 aromatic carbocycles. The lowest BCUT2D eigenvalue weighted by molar-refractivity contribution is 0.486. The van der Waals surface area contributed by atoms with Crippen molar-refractivity contribution in [3.63, 3.8) is 0 Å². The Morgan fingerprint density at radius 2 is 2.10 bits per heavy atom. The molecule has 0 bridgehead atoms. The molecule has 1 atom stereocenters. The predicted molar refractivity (Wildman–Crippen MR) is 81.9 cm³/mol. The quantitative estimate of drug-likeness (QED) is 0.811. The lowest BCUT2D eigenvalue weighted by Crippen LogP contribution is -2.24. The van der Waals surface area contributed by atoms with Crippen LogP contribution in [0.2, 0.25) is 0 Å². The summed E-state index contributed by atoms with van der Waals surface area (Å²) in [6.07, 6.45) is 6.50. The fourth-order valence-electron chi connectivity index (χ4n) is 2.84. The van der Waals surface area contributed by atoms with E-state index in [1.807, 2.05) is 18.3 Å². The highest BCUT2D eigenvalue weighted by molar-refractivity contribution is 5.27. The van der Waals surface area contributed by atoms with E-state index in [-0.39, 0.29) is 17.4 Å². The van der Waals surface area contributed by atoms with Gasteiger partial charge in [0.2, 0.25) is 0 Å². The van der Waals surface area contributed by atoms with E-state index in [1.54, 1.807) is 29.7 Å². The van der Waals surface area contributed by atoms with Crippen LogP contribution in [0, 0.1) is 18.7 Å². The van der Waals surface area contributed by atoms with Crippen LogP contribution >= 0.6 is 0 Å². The first kappa shape index (κ1) is 14.1. The summed E-state index contributed by atoms with van der Waals surface area (Å²) in [5, 5.41) is 0. The monoisotopic (exact) mass is 285 g/mol. The average Bonchev–Trinajstić information content (AvgIpc) is 3.29. The van der Waals surface area contributed by atoms with Crippen molar-refractivity contribution in [2.45, 2.75) is 38.6 Å². The Kier molecular flexibility index (Phi) is 3.91. The summed E-state index contributed by atoms with van der Waals surface area (Å²) in [5.74, 6) is 0.619. The number of hydrogen-bond acceptors (Lipinski definition) is 1. The predicted octanol–water partition coefficient (Wildman–Crippen LogP) is 4.08. The smallest absolute Gasteiger partial charge is 0.251 e. The molecule has 1 aromatic heterocycles. The maximum absolute atomic E-state index is 13.5. The fourth-order valence-corrected chi connectivity index (χ4v) is 2.84. The van der Waals surface area contributed by atoms with Crippen molar-refractivity contribution in [2.24, 2.45) is 5.92 Å². The molecule has 0 aliphatic heterocycles. The van der Waals surface area contributed by atoms with Crippen molar-refractivity contribution in [3.8, 4) is 0 Å². The van der Waals surface area contributed by atoms with Crippen molar-refractivity contribution >= 4 is 0 Å². The van der Waals surface area contributed by atoms with Crippen LogP contribution in [0.25, 0.3) is 0 Å². The molecular weight excluding hydrogens is 265 g/mol. The summed E-state index contributed by atoms with van der Waals surface area (Å²) >= 11 is 0. The van der Waals surface area contributed by atoms with E-state index in [4.69, 9.17) is 0 Å². The standard InChI is InChI=1S/C18H20FNO/c1-13-12-15(8-9-16(13)19)17(10-7-14-5-6-14)20-11-3-2-4-18(20)21/h2-4,8-9,11-12,14,17H,5-7,10H2,1H3. The first-order valence-corrected chi connectivity index (χ1v) is 7.58. The zero-order chi connectivity index (χ0) is 14.8. The molecule has 3 heteroatoms. The molecule has 110 valence electrons. The van der Waals surface area contributed by atoms with Gasteiger partial charge in [-0.3, -0.25) is 4.79 Å². The number of aromatic nitrogens is 1. The van der Waals surface area contributed by atoms with E-state index in [1.165, 1.54) is 18.9 Å². The average molecular weight is 285 g/mol. The Morgan fingerprint density at radius 1 is 1.29 bits per heavy atom. The van der Waals surface area contributed by atoms with E-state index < -0.39 is 0 Å². The SMILES string of the molecule is Cc1cc(C(CCC2CC2)n2ccccc2=O)ccc1F. The van der Waals surface area contributed by atoms with Crippen molar-refractivity contribution < 1.29 is 4.39 Å². The third kappa shape index (κ3) is 3.23. The highest BCUT2D eigenvalue weighted by Crippen LogP contribution is 2.36.